The summed E-state index contributed by atoms with van der Waals surface area (Å²) in [5.74, 6) is 0. The quantitative estimate of drug-likeness (QED) is 0.711. The van der Waals surface area contributed by atoms with E-state index in [-0.39, 0.29) is 6.42 Å². The average Bonchev–Trinajstić information content (AvgIpc) is 2.06. The number of rotatable bonds is 3. The normalized spacial score (nSPS) is 20.2. The zero-order valence-corrected chi connectivity index (χ0v) is 6.80. The smallest absolute Gasteiger partial charge is 0.253 e. The molecule has 2 nitrogen and oxygen atoms in total. The van der Waals surface area contributed by atoms with Gasteiger partial charge in [0.05, 0.1) is 18.9 Å². The lowest BCUT2D eigenvalue weighted by Crippen LogP contribution is -2.29. The molecule has 0 fully saturated rings. The van der Waals surface area contributed by atoms with Crippen LogP contribution in [0.3, 0.4) is 0 Å². The van der Waals surface area contributed by atoms with E-state index in [1.54, 1.807) is 6.26 Å². The van der Waals surface area contributed by atoms with Gasteiger partial charge < -0.3 is 10.5 Å². The fourth-order valence-electron chi connectivity index (χ4n) is 1.16. The summed E-state index contributed by atoms with van der Waals surface area (Å²) in [6.45, 7) is 0.688. The molecule has 0 aromatic carbocycles. The molecular formula is C8H13F2NO. The van der Waals surface area contributed by atoms with Crippen molar-refractivity contribution < 1.29 is 13.5 Å². The second kappa shape index (κ2) is 4.40. The fraction of sp³-hybridized carbons (Fsp3) is 0.750. The summed E-state index contributed by atoms with van der Waals surface area (Å²) >= 11 is 0. The summed E-state index contributed by atoms with van der Waals surface area (Å²) in [6.07, 6.45) is 1.11. The van der Waals surface area contributed by atoms with E-state index in [9.17, 15) is 8.78 Å². The highest BCUT2D eigenvalue weighted by atomic mass is 19.3. The first-order valence-corrected chi connectivity index (χ1v) is 4.03. The van der Waals surface area contributed by atoms with E-state index in [1.807, 2.05) is 0 Å². The van der Waals surface area contributed by atoms with Crippen LogP contribution in [-0.2, 0) is 4.74 Å². The summed E-state index contributed by atoms with van der Waals surface area (Å²) < 4.78 is 29.0. The molecule has 0 amide bonds. The number of nitrogens with two attached hydrogens (primary N) is 1. The van der Waals surface area contributed by atoms with Crippen molar-refractivity contribution in [2.75, 3.05) is 6.61 Å². The Hall–Kier alpha value is -0.640. The lowest BCUT2D eigenvalue weighted by molar-refractivity contribution is 0.114. The van der Waals surface area contributed by atoms with Crippen LogP contribution < -0.4 is 5.73 Å². The van der Waals surface area contributed by atoms with Crippen LogP contribution in [0.5, 0.6) is 0 Å². The topological polar surface area (TPSA) is 35.2 Å². The molecule has 0 bridgehead atoms. The lowest BCUT2D eigenvalue weighted by atomic mass is 10.0. The van der Waals surface area contributed by atoms with Gasteiger partial charge >= 0.3 is 0 Å². The third-order valence-corrected chi connectivity index (χ3v) is 1.83. The molecule has 1 unspecified atom stereocenters. The van der Waals surface area contributed by atoms with Gasteiger partial charge in [-0.3, -0.25) is 0 Å². The van der Waals surface area contributed by atoms with Crippen molar-refractivity contribution in [1.29, 1.82) is 0 Å². The van der Waals surface area contributed by atoms with E-state index in [0.717, 1.165) is 18.4 Å². The molecule has 0 saturated heterocycles. The van der Waals surface area contributed by atoms with Crippen LogP contribution in [0.15, 0.2) is 11.8 Å². The molecule has 0 aromatic rings. The molecule has 2 N–H and O–H groups in total. The van der Waals surface area contributed by atoms with Crippen molar-refractivity contribution in [3.63, 3.8) is 0 Å². The zero-order chi connectivity index (χ0) is 8.97. The highest BCUT2D eigenvalue weighted by molar-refractivity contribution is 5.02. The third-order valence-electron chi connectivity index (χ3n) is 1.83. The molecule has 1 heterocycles. The predicted octanol–water partition coefficient (Wildman–Crippen LogP) is 1.66. The van der Waals surface area contributed by atoms with Gasteiger partial charge in [0.25, 0.3) is 6.43 Å². The maximum Gasteiger partial charge on any atom is 0.253 e. The summed E-state index contributed by atoms with van der Waals surface area (Å²) in [4.78, 5) is 0. The first-order chi connectivity index (χ1) is 5.70. The minimum atomic E-state index is -2.44. The molecule has 0 radical (unpaired) electrons. The summed E-state index contributed by atoms with van der Waals surface area (Å²) in [6, 6.07) is -1.04. The Bertz CT molecular complexity index is 170. The third kappa shape index (κ3) is 2.77. The molecule has 1 aliphatic heterocycles. The predicted molar refractivity (Wildman–Crippen MR) is 41.9 cm³/mol. The maximum absolute atomic E-state index is 12.0. The van der Waals surface area contributed by atoms with Gasteiger partial charge in [-0.05, 0) is 24.8 Å². The number of halogens is 2. The molecular weight excluding hydrogens is 164 g/mol. The van der Waals surface area contributed by atoms with E-state index in [0.29, 0.717) is 6.61 Å². The summed E-state index contributed by atoms with van der Waals surface area (Å²) in [5, 5.41) is 0. The molecule has 1 rings (SSSR count). The Kier molecular flexibility index (Phi) is 3.47. The summed E-state index contributed by atoms with van der Waals surface area (Å²) in [7, 11) is 0. The first-order valence-electron chi connectivity index (χ1n) is 4.03. The zero-order valence-electron chi connectivity index (χ0n) is 6.80. The van der Waals surface area contributed by atoms with Crippen LogP contribution in [0, 0.1) is 0 Å². The van der Waals surface area contributed by atoms with Gasteiger partial charge in [-0.15, -0.1) is 0 Å². The molecule has 1 aliphatic rings. The van der Waals surface area contributed by atoms with Gasteiger partial charge in [0, 0.05) is 0 Å². The second-order valence-corrected chi connectivity index (χ2v) is 2.95. The van der Waals surface area contributed by atoms with E-state index < -0.39 is 12.5 Å². The van der Waals surface area contributed by atoms with Crippen molar-refractivity contribution >= 4 is 0 Å². The first kappa shape index (κ1) is 9.45. The Labute approximate surface area is 70.4 Å². The molecule has 0 aliphatic carbocycles. The van der Waals surface area contributed by atoms with E-state index in [4.69, 9.17) is 10.5 Å². The van der Waals surface area contributed by atoms with Crippen LogP contribution in [-0.4, -0.2) is 19.1 Å². The van der Waals surface area contributed by atoms with E-state index in [2.05, 4.69) is 0 Å². The van der Waals surface area contributed by atoms with Gasteiger partial charge in [0.15, 0.2) is 0 Å². The number of ether oxygens (including phenoxy) is 1. The standard InChI is InChI=1S/C8H13F2NO/c9-8(10)7(11)4-6-2-1-3-12-5-6/h5,7-8H,1-4,11H2. The van der Waals surface area contributed by atoms with Crippen LogP contribution in [0.4, 0.5) is 8.78 Å². The molecule has 4 heteroatoms. The number of hydrogen-bond acceptors (Lipinski definition) is 2. The van der Waals surface area contributed by atoms with Gasteiger partial charge in [-0.1, -0.05) is 0 Å². The fourth-order valence-corrected chi connectivity index (χ4v) is 1.16. The molecule has 70 valence electrons. The summed E-state index contributed by atoms with van der Waals surface area (Å²) in [5.41, 5.74) is 6.10. The van der Waals surface area contributed by atoms with E-state index >= 15 is 0 Å². The Morgan fingerprint density at radius 3 is 2.83 bits per heavy atom. The minimum absolute atomic E-state index is 0.248. The van der Waals surface area contributed by atoms with Gasteiger partial charge in [-0.25, -0.2) is 8.78 Å². The number of hydrogen-bond donors (Lipinski definition) is 1. The van der Waals surface area contributed by atoms with E-state index in [1.165, 1.54) is 0 Å². The Morgan fingerprint density at radius 2 is 2.33 bits per heavy atom. The van der Waals surface area contributed by atoms with Gasteiger partial charge in [0.1, 0.15) is 0 Å². The van der Waals surface area contributed by atoms with Crippen molar-refractivity contribution in [3.8, 4) is 0 Å². The Balaban J connectivity index is 2.34. The second-order valence-electron chi connectivity index (χ2n) is 2.95. The molecule has 0 saturated carbocycles. The van der Waals surface area contributed by atoms with Crippen LogP contribution in [0.1, 0.15) is 19.3 Å². The monoisotopic (exact) mass is 177 g/mol. The van der Waals surface area contributed by atoms with Crippen molar-refractivity contribution in [2.24, 2.45) is 5.73 Å². The van der Waals surface area contributed by atoms with Crippen LogP contribution in [0.25, 0.3) is 0 Å². The molecule has 0 aromatic heterocycles. The highest BCUT2D eigenvalue weighted by Gasteiger charge is 2.17. The van der Waals surface area contributed by atoms with Gasteiger partial charge in [0.2, 0.25) is 0 Å². The van der Waals surface area contributed by atoms with Crippen molar-refractivity contribution in [1.82, 2.24) is 0 Å². The molecule has 12 heavy (non-hydrogen) atoms. The molecule has 1 atom stereocenters. The number of alkyl halides is 2. The maximum atomic E-state index is 12.0. The van der Waals surface area contributed by atoms with Crippen molar-refractivity contribution in [2.45, 2.75) is 31.7 Å². The van der Waals surface area contributed by atoms with Crippen LogP contribution in [0.2, 0.25) is 0 Å². The largest absolute Gasteiger partial charge is 0.501 e. The highest BCUT2D eigenvalue weighted by Crippen LogP contribution is 2.18. The van der Waals surface area contributed by atoms with Gasteiger partial charge in [-0.2, -0.15) is 0 Å². The average molecular weight is 177 g/mol. The minimum Gasteiger partial charge on any atom is -0.501 e. The van der Waals surface area contributed by atoms with Crippen molar-refractivity contribution in [3.05, 3.63) is 11.8 Å². The lowest BCUT2D eigenvalue weighted by Gasteiger charge is -2.16. The SMILES string of the molecule is NC(CC1=COCCC1)C(F)F. The molecule has 0 spiro atoms. The Morgan fingerprint density at radius 1 is 1.58 bits per heavy atom. The van der Waals surface area contributed by atoms with Crippen LogP contribution >= 0.6 is 0 Å².